The first-order valence-electron chi connectivity index (χ1n) is 14.0. The van der Waals surface area contributed by atoms with Gasteiger partial charge in [-0.05, 0) is 47.5 Å². The summed E-state index contributed by atoms with van der Waals surface area (Å²) in [7, 11) is 0. The van der Waals surface area contributed by atoms with Gasteiger partial charge in [0.1, 0.15) is 39.6 Å². The van der Waals surface area contributed by atoms with Gasteiger partial charge in [-0.1, -0.05) is 97.1 Å². The van der Waals surface area contributed by atoms with E-state index in [1.54, 1.807) is 0 Å². The minimum atomic E-state index is 0.343. The predicted molar refractivity (Wildman–Crippen MR) is 163 cm³/mol. The summed E-state index contributed by atoms with van der Waals surface area (Å²) in [4.78, 5) is 0. The second-order valence-corrected chi connectivity index (χ2v) is 9.28. The average molecular weight is 563 g/mol. The van der Waals surface area contributed by atoms with E-state index in [1.807, 2.05) is 133 Å². The molecule has 6 heteroatoms. The van der Waals surface area contributed by atoms with Gasteiger partial charge < -0.3 is 28.4 Å². The third-order valence-electron chi connectivity index (χ3n) is 6.22. The minimum absolute atomic E-state index is 0.343. The molecule has 0 bridgehead atoms. The van der Waals surface area contributed by atoms with Gasteiger partial charge in [0.15, 0.2) is 34.5 Å². The lowest BCUT2D eigenvalue weighted by atomic mass is 10.2. The van der Waals surface area contributed by atoms with Crippen LogP contribution in [0.3, 0.4) is 0 Å². The molecule has 0 aliphatic heterocycles. The first-order chi connectivity index (χ1) is 20.8. The van der Waals surface area contributed by atoms with Crippen LogP contribution in [0.5, 0.6) is 34.5 Å². The van der Waals surface area contributed by atoms with E-state index in [0.29, 0.717) is 74.1 Å². The molecule has 5 rings (SSSR count). The Morgan fingerprint density at radius 1 is 0.262 bits per heavy atom. The van der Waals surface area contributed by atoms with Gasteiger partial charge in [-0.25, -0.2) is 0 Å². The highest BCUT2D eigenvalue weighted by atomic mass is 16.6. The zero-order valence-corrected chi connectivity index (χ0v) is 23.4. The van der Waals surface area contributed by atoms with Gasteiger partial charge in [0.05, 0.1) is 0 Å². The highest BCUT2D eigenvalue weighted by molar-refractivity contribution is 5.41. The molecule has 0 saturated heterocycles. The van der Waals surface area contributed by atoms with E-state index in [1.165, 1.54) is 0 Å². The maximum atomic E-state index is 5.98. The summed E-state index contributed by atoms with van der Waals surface area (Å²) in [5, 5.41) is 0. The topological polar surface area (TPSA) is 55.4 Å². The van der Waals surface area contributed by atoms with E-state index in [-0.39, 0.29) is 0 Å². The molecule has 0 amide bonds. The summed E-state index contributed by atoms with van der Waals surface area (Å²) < 4.78 is 35.9. The lowest BCUT2D eigenvalue weighted by Gasteiger charge is -2.15. The van der Waals surface area contributed by atoms with Gasteiger partial charge in [-0.15, -0.1) is 0 Å². The van der Waals surface area contributed by atoms with E-state index in [2.05, 4.69) is 0 Å². The molecule has 214 valence electrons. The van der Waals surface area contributed by atoms with Crippen LogP contribution in [0.2, 0.25) is 0 Å². The van der Waals surface area contributed by atoms with Crippen molar-refractivity contribution in [3.8, 4) is 34.5 Å². The van der Waals surface area contributed by atoms with Gasteiger partial charge in [0.25, 0.3) is 0 Å². The number of para-hydroxylation sites is 6. The van der Waals surface area contributed by atoms with E-state index >= 15 is 0 Å². The molecule has 0 atom stereocenters. The molecule has 0 radical (unpaired) electrons. The fourth-order valence-electron chi connectivity index (χ4n) is 4.14. The van der Waals surface area contributed by atoms with Crippen LogP contribution in [0, 0.1) is 0 Å². The highest BCUT2D eigenvalue weighted by Gasteiger charge is 2.09. The van der Waals surface area contributed by atoms with Crippen molar-refractivity contribution >= 4 is 0 Å². The van der Waals surface area contributed by atoms with E-state index < -0.39 is 0 Å². The fourth-order valence-corrected chi connectivity index (χ4v) is 4.14. The molecule has 0 fully saturated rings. The maximum Gasteiger partial charge on any atom is 0.161 e. The average Bonchev–Trinajstić information content (AvgIpc) is 3.05. The third kappa shape index (κ3) is 8.70. The Balaban J connectivity index is 1.06. The number of rotatable bonds is 16. The normalized spacial score (nSPS) is 10.5. The Morgan fingerprint density at radius 3 is 0.786 bits per heavy atom. The van der Waals surface area contributed by atoms with Crippen molar-refractivity contribution in [2.24, 2.45) is 0 Å². The maximum absolute atomic E-state index is 5.98. The summed E-state index contributed by atoms with van der Waals surface area (Å²) in [5.41, 5.74) is 2.19. The van der Waals surface area contributed by atoms with E-state index in [4.69, 9.17) is 28.4 Å². The Kier molecular flexibility index (Phi) is 10.6. The molecule has 42 heavy (non-hydrogen) atoms. The standard InChI is InChI=1S/C36H34O6/c1-3-13-29(14-4-1)27-41-35-21-11-9-19-33(35)39-25-23-37-31-17-7-8-18-32(31)38-24-26-40-34-20-10-12-22-36(34)42-28-30-15-5-2-6-16-30/h1-22H,23-28H2. The van der Waals surface area contributed by atoms with Crippen molar-refractivity contribution in [2.75, 3.05) is 26.4 Å². The summed E-state index contributed by atoms with van der Waals surface area (Å²) in [5.74, 6) is 4.01. The van der Waals surface area contributed by atoms with Crippen molar-refractivity contribution < 1.29 is 28.4 Å². The van der Waals surface area contributed by atoms with Crippen molar-refractivity contribution in [3.05, 3.63) is 145 Å². The summed E-state index contributed by atoms with van der Waals surface area (Å²) in [6, 6.07) is 42.9. The van der Waals surface area contributed by atoms with Crippen LogP contribution >= 0.6 is 0 Å². The van der Waals surface area contributed by atoms with Crippen LogP contribution in [0.1, 0.15) is 11.1 Å². The highest BCUT2D eigenvalue weighted by Crippen LogP contribution is 2.30. The van der Waals surface area contributed by atoms with Crippen LogP contribution in [-0.4, -0.2) is 26.4 Å². The monoisotopic (exact) mass is 562 g/mol. The van der Waals surface area contributed by atoms with Crippen molar-refractivity contribution in [3.63, 3.8) is 0 Å². The van der Waals surface area contributed by atoms with Crippen LogP contribution in [0.25, 0.3) is 0 Å². The predicted octanol–water partition coefficient (Wildman–Crippen LogP) is 7.76. The van der Waals surface area contributed by atoms with Crippen molar-refractivity contribution in [1.82, 2.24) is 0 Å². The molecule has 0 aromatic heterocycles. The Bertz CT molecular complexity index is 1380. The van der Waals surface area contributed by atoms with Gasteiger partial charge in [0.2, 0.25) is 0 Å². The van der Waals surface area contributed by atoms with Crippen LogP contribution in [0.15, 0.2) is 133 Å². The van der Waals surface area contributed by atoms with Crippen LogP contribution < -0.4 is 28.4 Å². The van der Waals surface area contributed by atoms with Crippen molar-refractivity contribution in [2.45, 2.75) is 13.2 Å². The fraction of sp³-hybridized carbons (Fsp3) is 0.167. The number of ether oxygens (including phenoxy) is 6. The third-order valence-corrected chi connectivity index (χ3v) is 6.22. The number of hydrogen-bond acceptors (Lipinski definition) is 6. The largest absolute Gasteiger partial charge is 0.486 e. The SMILES string of the molecule is c1ccc(COc2ccccc2OCCOc2ccccc2OCCOc2ccccc2OCc2ccccc2)cc1. The van der Waals surface area contributed by atoms with Gasteiger partial charge in [-0.3, -0.25) is 0 Å². The second kappa shape index (κ2) is 15.6. The van der Waals surface area contributed by atoms with Crippen LogP contribution in [-0.2, 0) is 13.2 Å². The smallest absolute Gasteiger partial charge is 0.161 e. The molecule has 0 heterocycles. The molecular weight excluding hydrogens is 528 g/mol. The molecule has 5 aromatic rings. The Hall–Kier alpha value is -5.10. The van der Waals surface area contributed by atoms with Gasteiger partial charge in [0, 0.05) is 0 Å². The second-order valence-electron chi connectivity index (χ2n) is 9.28. The minimum Gasteiger partial charge on any atom is -0.486 e. The summed E-state index contributed by atoms with van der Waals surface area (Å²) in [6.07, 6.45) is 0. The van der Waals surface area contributed by atoms with E-state index in [0.717, 1.165) is 11.1 Å². The molecule has 0 unspecified atom stereocenters. The summed E-state index contributed by atoms with van der Waals surface area (Å²) in [6.45, 7) is 2.33. The molecule has 0 saturated carbocycles. The molecular formula is C36H34O6. The molecule has 5 aromatic carbocycles. The Labute approximate surface area is 247 Å². The molecule has 0 aliphatic rings. The zero-order valence-electron chi connectivity index (χ0n) is 23.4. The molecule has 0 N–H and O–H groups in total. The van der Waals surface area contributed by atoms with Gasteiger partial charge >= 0.3 is 0 Å². The molecule has 0 spiro atoms. The molecule has 0 aliphatic carbocycles. The lowest BCUT2D eigenvalue weighted by molar-refractivity contribution is 0.184. The summed E-state index contributed by atoms with van der Waals surface area (Å²) >= 11 is 0. The lowest BCUT2D eigenvalue weighted by Crippen LogP contribution is -2.12. The van der Waals surface area contributed by atoms with Crippen molar-refractivity contribution in [1.29, 1.82) is 0 Å². The first-order valence-corrected chi connectivity index (χ1v) is 14.0. The van der Waals surface area contributed by atoms with Crippen LogP contribution in [0.4, 0.5) is 0 Å². The molecule has 6 nitrogen and oxygen atoms in total. The van der Waals surface area contributed by atoms with E-state index in [9.17, 15) is 0 Å². The van der Waals surface area contributed by atoms with Gasteiger partial charge in [-0.2, -0.15) is 0 Å². The quantitative estimate of drug-likeness (QED) is 0.115. The Morgan fingerprint density at radius 2 is 0.500 bits per heavy atom. The number of benzene rings is 5. The number of hydrogen-bond donors (Lipinski definition) is 0. The zero-order chi connectivity index (χ0) is 28.7. The first kappa shape index (κ1) is 28.4.